The van der Waals surface area contributed by atoms with Gasteiger partial charge in [0.1, 0.15) is 11.9 Å². The predicted octanol–water partition coefficient (Wildman–Crippen LogP) is 3.54. The third kappa shape index (κ3) is 4.41. The van der Waals surface area contributed by atoms with Crippen molar-refractivity contribution in [1.82, 2.24) is 9.78 Å². The summed E-state index contributed by atoms with van der Waals surface area (Å²) in [5.41, 5.74) is 7.87. The number of amides is 1. The number of rotatable bonds is 5. The number of hydrogen-bond acceptors (Lipinski definition) is 5. The molecule has 34 heavy (non-hydrogen) atoms. The van der Waals surface area contributed by atoms with Crippen LogP contribution in [0.4, 0.5) is 0 Å². The molecule has 1 fully saturated rings. The van der Waals surface area contributed by atoms with Gasteiger partial charge in [0.25, 0.3) is 5.91 Å². The average molecular weight is 460 g/mol. The second-order valence-electron chi connectivity index (χ2n) is 8.95. The first-order valence-electron chi connectivity index (χ1n) is 11.7. The van der Waals surface area contributed by atoms with Crippen molar-refractivity contribution in [3.05, 3.63) is 70.5 Å². The molecule has 5 rings (SSSR count). The Hall–Kier alpha value is -3.29. The average Bonchev–Trinajstić information content (AvgIpc) is 3.50. The number of fused-ring (bicyclic) bond motifs is 1. The monoisotopic (exact) mass is 459 g/mol. The van der Waals surface area contributed by atoms with E-state index < -0.39 is 6.10 Å². The van der Waals surface area contributed by atoms with Gasteiger partial charge in [-0.05, 0) is 59.6 Å². The van der Waals surface area contributed by atoms with Gasteiger partial charge in [-0.1, -0.05) is 24.3 Å². The highest BCUT2D eigenvalue weighted by Crippen LogP contribution is 2.38. The number of carbonyl (C=O) groups is 1. The van der Waals surface area contributed by atoms with Gasteiger partial charge in [-0.3, -0.25) is 9.48 Å². The molecule has 1 atom stereocenters. The Labute approximate surface area is 199 Å². The molecule has 1 N–H and O–H groups in total. The normalized spacial score (nSPS) is 18.8. The van der Waals surface area contributed by atoms with Crippen LogP contribution in [-0.4, -0.2) is 52.9 Å². The third-order valence-corrected chi connectivity index (χ3v) is 6.67. The van der Waals surface area contributed by atoms with E-state index in [-0.39, 0.29) is 12.5 Å². The van der Waals surface area contributed by atoms with E-state index in [1.54, 1.807) is 11.8 Å². The van der Waals surface area contributed by atoms with Gasteiger partial charge in [0.05, 0.1) is 37.8 Å². The molecule has 0 unspecified atom stereocenters. The summed E-state index contributed by atoms with van der Waals surface area (Å²) < 4.78 is 12.8. The van der Waals surface area contributed by atoms with Gasteiger partial charge in [-0.15, -0.1) is 0 Å². The zero-order valence-corrected chi connectivity index (χ0v) is 19.6. The number of benzene rings is 2. The quantitative estimate of drug-likeness (QED) is 0.631. The summed E-state index contributed by atoms with van der Waals surface area (Å²) >= 11 is 0. The van der Waals surface area contributed by atoms with Crippen molar-refractivity contribution in [2.75, 3.05) is 20.3 Å². The van der Waals surface area contributed by atoms with E-state index in [4.69, 9.17) is 9.47 Å². The highest BCUT2D eigenvalue weighted by molar-refractivity contribution is 6.07. The van der Waals surface area contributed by atoms with E-state index >= 15 is 0 Å². The molecule has 7 heteroatoms. The van der Waals surface area contributed by atoms with Crippen molar-refractivity contribution >= 4 is 11.6 Å². The SMILES string of the molecule is COc1c(C(=O)/N=C2/CCOC[C@@H]2O)cc(Cc2ccc(-c3cnn(C)c3)cc2)c2c1CCC2. The van der Waals surface area contributed by atoms with Gasteiger partial charge in [0, 0.05) is 25.2 Å². The molecule has 1 aromatic heterocycles. The van der Waals surface area contributed by atoms with Crippen LogP contribution in [0.15, 0.2) is 47.7 Å². The van der Waals surface area contributed by atoms with E-state index in [9.17, 15) is 9.90 Å². The Kier molecular flexibility index (Phi) is 6.30. The van der Waals surface area contributed by atoms with Crippen LogP contribution in [0.25, 0.3) is 11.1 Å². The zero-order chi connectivity index (χ0) is 23.7. The first-order valence-corrected chi connectivity index (χ1v) is 11.7. The van der Waals surface area contributed by atoms with Crippen LogP contribution in [0.5, 0.6) is 5.75 Å². The lowest BCUT2D eigenvalue weighted by atomic mass is 9.92. The summed E-state index contributed by atoms with van der Waals surface area (Å²) in [5, 5.41) is 14.4. The number of nitrogens with zero attached hydrogens (tertiary/aromatic N) is 3. The highest BCUT2D eigenvalue weighted by atomic mass is 16.5. The number of aliphatic imine (C=N–C) groups is 1. The third-order valence-electron chi connectivity index (χ3n) is 6.67. The largest absolute Gasteiger partial charge is 0.496 e. The summed E-state index contributed by atoms with van der Waals surface area (Å²) in [5.74, 6) is 0.259. The molecular weight excluding hydrogens is 430 g/mol. The van der Waals surface area contributed by atoms with E-state index in [1.807, 2.05) is 25.5 Å². The number of hydrogen-bond donors (Lipinski definition) is 1. The van der Waals surface area contributed by atoms with E-state index in [0.717, 1.165) is 47.9 Å². The summed E-state index contributed by atoms with van der Waals surface area (Å²) in [6.07, 6.45) is 7.12. The molecule has 2 aromatic carbocycles. The summed E-state index contributed by atoms with van der Waals surface area (Å²) in [6, 6.07) is 10.4. The van der Waals surface area contributed by atoms with Crippen molar-refractivity contribution in [1.29, 1.82) is 0 Å². The summed E-state index contributed by atoms with van der Waals surface area (Å²) in [6.45, 7) is 0.637. The minimum atomic E-state index is -0.837. The second kappa shape index (κ2) is 9.52. The second-order valence-corrected chi connectivity index (χ2v) is 8.95. The number of carbonyl (C=O) groups excluding carboxylic acids is 1. The van der Waals surface area contributed by atoms with Crippen LogP contribution in [0, 0.1) is 0 Å². The maximum atomic E-state index is 13.2. The van der Waals surface area contributed by atoms with E-state index in [0.29, 0.717) is 30.1 Å². The first kappa shape index (κ1) is 22.5. The fourth-order valence-electron chi connectivity index (χ4n) is 4.95. The van der Waals surface area contributed by atoms with Gasteiger partial charge < -0.3 is 14.6 Å². The lowest BCUT2D eigenvalue weighted by Gasteiger charge is -2.20. The highest BCUT2D eigenvalue weighted by Gasteiger charge is 2.27. The molecule has 2 heterocycles. The molecule has 0 bridgehead atoms. The first-order chi connectivity index (χ1) is 16.5. The standard InChI is InChI=1S/C27H29N3O4/c1-30-15-20(14-28-30)18-8-6-17(7-9-18)12-19-13-23(26(33-2)22-5-3-4-21(19)22)27(32)29-24-10-11-34-16-25(24)31/h6-9,13-15,25,31H,3-5,10-12,16H2,1-2H3/b29-24-/t25-/m0/s1. The van der Waals surface area contributed by atoms with E-state index in [2.05, 4.69) is 34.4 Å². The number of aromatic nitrogens is 2. The van der Waals surface area contributed by atoms with Gasteiger partial charge in [-0.25, -0.2) is 4.99 Å². The Morgan fingerprint density at radius 1 is 1.21 bits per heavy atom. The number of ether oxygens (including phenoxy) is 2. The maximum Gasteiger partial charge on any atom is 0.280 e. The molecule has 0 saturated carbocycles. The Morgan fingerprint density at radius 3 is 2.71 bits per heavy atom. The number of aliphatic hydroxyl groups excluding tert-OH is 1. The van der Waals surface area contributed by atoms with Crippen LogP contribution in [0.1, 0.15) is 45.5 Å². The van der Waals surface area contributed by atoms with Crippen molar-refractivity contribution in [3.8, 4) is 16.9 Å². The number of methoxy groups -OCH3 is 1. The minimum absolute atomic E-state index is 0.174. The molecule has 0 spiro atoms. The van der Waals surface area contributed by atoms with Crippen molar-refractivity contribution in [2.24, 2.45) is 12.0 Å². The zero-order valence-electron chi connectivity index (χ0n) is 19.6. The smallest absolute Gasteiger partial charge is 0.280 e. The van der Waals surface area contributed by atoms with Crippen LogP contribution in [0.2, 0.25) is 0 Å². The van der Waals surface area contributed by atoms with E-state index in [1.165, 1.54) is 11.1 Å². The van der Waals surface area contributed by atoms with Crippen LogP contribution in [0.3, 0.4) is 0 Å². The molecule has 1 saturated heterocycles. The fourth-order valence-corrected chi connectivity index (χ4v) is 4.95. The number of aliphatic hydroxyl groups is 1. The van der Waals surface area contributed by atoms with Crippen molar-refractivity contribution in [2.45, 2.75) is 38.2 Å². The topological polar surface area (TPSA) is 85.9 Å². The predicted molar refractivity (Wildman–Crippen MR) is 130 cm³/mol. The Bertz CT molecular complexity index is 1240. The van der Waals surface area contributed by atoms with Crippen molar-refractivity contribution < 1.29 is 19.4 Å². The molecule has 1 amide bonds. The lowest BCUT2D eigenvalue weighted by molar-refractivity contribution is 0.0523. The van der Waals surface area contributed by atoms with Gasteiger partial charge in [0.15, 0.2) is 0 Å². The minimum Gasteiger partial charge on any atom is -0.496 e. The van der Waals surface area contributed by atoms with Crippen molar-refractivity contribution in [3.63, 3.8) is 0 Å². The fraction of sp³-hybridized carbons (Fsp3) is 0.370. The molecule has 7 nitrogen and oxygen atoms in total. The van der Waals surface area contributed by atoms with Gasteiger partial charge in [0.2, 0.25) is 0 Å². The number of aryl methyl sites for hydroxylation is 1. The lowest BCUT2D eigenvalue weighted by Crippen LogP contribution is -2.33. The molecule has 2 aliphatic rings. The van der Waals surface area contributed by atoms with Crippen LogP contribution >= 0.6 is 0 Å². The van der Waals surface area contributed by atoms with Crippen LogP contribution in [-0.2, 0) is 31.0 Å². The summed E-state index contributed by atoms with van der Waals surface area (Å²) in [7, 11) is 3.52. The van der Waals surface area contributed by atoms with Gasteiger partial charge >= 0.3 is 0 Å². The Morgan fingerprint density at radius 2 is 2.00 bits per heavy atom. The Balaban J connectivity index is 1.47. The van der Waals surface area contributed by atoms with Gasteiger partial charge in [-0.2, -0.15) is 5.10 Å². The molecular formula is C27H29N3O4. The maximum absolute atomic E-state index is 13.2. The molecule has 1 aliphatic heterocycles. The summed E-state index contributed by atoms with van der Waals surface area (Å²) in [4.78, 5) is 17.5. The van der Waals surface area contributed by atoms with Crippen LogP contribution < -0.4 is 4.74 Å². The molecule has 176 valence electrons. The molecule has 0 radical (unpaired) electrons. The molecule has 1 aliphatic carbocycles. The molecule has 3 aromatic rings.